The van der Waals surface area contributed by atoms with Crippen molar-refractivity contribution in [1.29, 1.82) is 0 Å². The first-order valence-electron chi connectivity index (χ1n) is 11.3. The van der Waals surface area contributed by atoms with Gasteiger partial charge in [0.2, 0.25) is 17.7 Å². The molecule has 0 spiro atoms. The number of carbonyl (C=O) groups excluding carboxylic acids is 3. The van der Waals surface area contributed by atoms with Crippen LogP contribution in [0.2, 0.25) is 0 Å². The summed E-state index contributed by atoms with van der Waals surface area (Å²) in [6.07, 6.45) is 4.00. The number of guanidine groups is 1. The fourth-order valence-electron chi connectivity index (χ4n) is 3.13. The minimum absolute atomic E-state index is 0.0380. The minimum atomic E-state index is -1.22. The van der Waals surface area contributed by atoms with Crippen LogP contribution in [0.25, 0.3) is 0 Å². The zero-order valence-corrected chi connectivity index (χ0v) is 20.3. The van der Waals surface area contributed by atoms with Crippen LogP contribution in [0.5, 0.6) is 0 Å². The molecular weight excluding hydrogens is 458 g/mol. The summed E-state index contributed by atoms with van der Waals surface area (Å²) in [7, 11) is 0. The SMILES string of the molecule is CC(C)CC(NC(=O)C(N)Cc1cnc[nH]1)C(=O)NC(CCCN=C(N)N)C(=O)NC(C)C(=O)O. The molecule has 1 aromatic rings. The number of carbonyl (C=O) groups is 4. The van der Waals surface area contributed by atoms with E-state index < -0.39 is 47.9 Å². The third-order valence-electron chi connectivity index (χ3n) is 4.98. The summed E-state index contributed by atoms with van der Waals surface area (Å²) in [4.78, 5) is 60.1. The molecule has 4 atom stereocenters. The average molecular weight is 496 g/mol. The number of nitrogens with zero attached hydrogens (tertiary/aromatic N) is 2. The topological polar surface area (TPSA) is 244 Å². The first kappa shape index (κ1) is 29.4. The summed E-state index contributed by atoms with van der Waals surface area (Å²) in [6.45, 7) is 5.28. The Hall–Kier alpha value is -3.68. The Labute approximate surface area is 203 Å². The summed E-state index contributed by atoms with van der Waals surface area (Å²) in [6, 6.07) is -4.11. The molecule has 0 aliphatic heterocycles. The summed E-state index contributed by atoms with van der Waals surface area (Å²) < 4.78 is 0. The van der Waals surface area contributed by atoms with E-state index in [-0.39, 0.29) is 31.3 Å². The highest BCUT2D eigenvalue weighted by atomic mass is 16.4. The van der Waals surface area contributed by atoms with E-state index in [9.17, 15) is 19.2 Å². The smallest absolute Gasteiger partial charge is 0.325 e. The number of carboxylic acids is 1. The second kappa shape index (κ2) is 14.6. The Kier molecular flexibility index (Phi) is 12.2. The van der Waals surface area contributed by atoms with E-state index in [2.05, 4.69) is 30.9 Å². The van der Waals surface area contributed by atoms with Gasteiger partial charge in [-0.2, -0.15) is 0 Å². The molecule has 1 aromatic heterocycles. The lowest BCUT2D eigenvalue weighted by Crippen LogP contribution is -2.57. The Morgan fingerprint density at radius 3 is 2.23 bits per heavy atom. The normalized spacial score (nSPS) is 14.3. The Morgan fingerprint density at radius 1 is 1.06 bits per heavy atom. The lowest BCUT2D eigenvalue weighted by molar-refractivity contribution is -0.141. The van der Waals surface area contributed by atoms with Gasteiger partial charge in [0.05, 0.1) is 12.4 Å². The van der Waals surface area contributed by atoms with Crippen LogP contribution in [-0.2, 0) is 25.6 Å². The molecule has 0 aliphatic carbocycles. The maximum Gasteiger partial charge on any atom is 0.325 e. The van der Waals surface area contributed by atoms with Crippen LogP contribution in [0.15, 0.2) is 17.5 Å². The number of aliphatic imine (C=N–C) groups is 1. The molecule has 35 heavy (non-hydrogen) atoms. The van der Waals surface area contributed by atoms with Crippen molar-refractivity contribution in [3.8, 4) is 0 Å². The standard InChI is InChI=1S/C21H37N9O5/c1-11(2)7-16(30-17(31)14(22)8-13-9-25-10-27-13)19(33)29-15(5-4-6-26-21(23)24)18(32)28-12(3)20(34)35/h9-12,14-16H,4-8,22H2,1-3H3,(H,25,27)(H,28,32)(H,29,33)(H,30,31)(H,34,35)(H4,23,24,26). The quantitative estimate of drug-likeness (QED) is 0.0756. The summed E-state index contributed by atoms with van der Waals surface area (Å²) in [5, 5.41) is 16.7. The molecule has 0 aromatic carbocycles. The van der Waals surface area contributed by atoms with Gasteiger partial charge >= 0.3 is 5.97 Å². The summed E-state index contributed by atoms with van der Waals surface area (Å²) in [5.41, 5.74) is 17.3. The minimum Gasteiger partial charge on any atom is -0.480 e. The van der Waals surface area contributed by atoms with Crippen molar-refractivity contribution < 1.29 is 24.3 Å². The molecule has 0 radical (unpaired) electrons. The van der Waals surface area contributed by atoms with Crippen molar-refractivity contribution in [2.45, 2.75) is 70.6 Å². The summed E-state index contributed by atoms with van der Waals surface area (Å²) in [5.74, 6) is -3.10. The van der Waals surface area contributed by atoms with Gasteiger partial charge in [-0.1, -0.05) is 13.8 Å². The molecule has 3 amide bonds. The highest BCUT2D eigenvalue weighted by molar-refractivity contribution is 5.94. The number of aromatic nitrogens is 2. The van der Waals surface area contributed by atoms with E-state index in [0.717, 1.165) is 0 Å². The average Bonchev–Trinajstić information content (AvgIpc) is 3.27. The molecule has 0 aliphatic rings. The number of H-pyrrole nitrogens is 1. The van der Waals surface area contributed by atoms with E-state index in [1.165, 1.54) is 13.3 Å². The van der Waals surface area contributed by atoms with Gasteiger partial charge in [-0.05, 0) is 32.1 Å². The van der Waals surface area contributed by atoms with Crippen LogP contribution in [0, 0.1) is 5.92 Å². The molecular formula is C21H37N9O5. The second-order valence-corrected chi connectivity index (χ2v) is 8.66. The number of hydrogen-bond donors (Lipinski definition) is 8. The first-order chi connectivity index (χ1) is 16.4. The van der Waals surface area contributed by atoms with Crippen LogP contribution in [0.4, 0.5) is 0 Å². The zero-order chi connectivity index (χ0) is 26.5. The van der Waals surface area contributed by atoms with Crippen LogP contribution in [-0.4, -0.2) is 75.4 Å². The molecule has 196 valence electrons. The van der Waals surface area contributed by atoms with E-state index in [4.69, 9.17) is 22.3 Å². The molecule has 14 heteroatoms. The van der Waals surface area contributed by atoms with Crippen LogP contribution < -0.4 is 33.2 Å². The van der Waals surface area contributed by atoms with Gasteiger partial charge in [0.25, 0.3) is 0 Å². The number of hydrogen-bond acceptors (Lipinski definition) is 7. The van der Waals surface area contributed by atoms with Crippen molar-refractivity contribution in [3.05, 3.63) is 18.2 Å². The summed E-state index contributed by atoms with van der Waals surface area (Å²) >= 11 is 0. The predicted molar refractivity (Wildman–Crippen MR) is 129 cm³/mol. The van der Waals surface area contributed by atoms with Crippen molar-refractivity contribution in [2.75, 3.05) is 6.54 Å². The Bertz CT molecular complexity index is 869. The Morgan fingerprint density at radius 2 is 1.69 bits per heavy atom. The molecule has 0 saturated heterocycles. The molecule has 4 unspecified atom stereocenters. The number of imidazole rings is 1. The molecule has 1 heterocycles. The predicted octanol–water partition coefficient (Wildman–Crippen LogP) is -2.06. The van der Waals surface area contributed by atoms with E-state index in [1.54, 1.807) is 6.20 Å². The third kappa shape index (κ3) is 11.3. The number of nitrogens with one attached hydrogen (secondary N) is 4. The van der Waals surface area contributed by atoms with Crippen LogP contribution in [0.3, 0.4) is 0 Å². The Balaban J connectivity index is 2.91. The molecule has 1 rings (SSSR count). The van der Waals surface area contributed by atoms with Gasteiger partial charge in [-0.15, -0.1) is 0 Å². The number of aliphatic carboxylic acids is 1. The maximum absolute atomic E-state index is 13.1. The lowest BCUT2D eigenvalue weighted by Gasteiger charge is -2.25. The number of carboxylic acid groups (broad SMARTS) is 1. The van der Waals surface area contributed by atoms with Crippen molar-refractivity contribution in [3.63, 3.8) is 0 Å². The molecule has 14 nitrogen and oxygen atoms in total. The molecule has 0 saturated carbocycles. The largest absolute Gasteiger partial charge is 0.480 e. The van der Waals surface area contributed by atoms with E-state index in [0.29, 0.717) is 18.5 Å². The van der Waals surface area contributed by atoms with Crippen LogP contribution in [0.1, 0.15) is 45.7 Å². The van der Waals surface area contributed by atoms with Crippen LogP contribution >= 0.6 is 0 Å². The van der Waals surface area contributed by atoms with Crippen molar-refractivity contribution >= 4 is 29.7 Å². The zero-order valence-electron chi connectivity index (χ0n) is 20.3. The first-order valence-corrected chi connectivity index (χ1v) is 11.3. The molecule has 0 fully saturated rings. The highest BCUT2D eigenvalue weighted by Crippen LogP contribution is 2.08. The highest BCUT2D eigenvalue weighted by Gasteiger charge is 2.29. The molecule has 0 bridgehead atoms. The van der Waals surface area contributed by atoms with Gasteiger partial charge in [-0.25, -0.2) is 4.98 Å². The monoisotopic (exact) mass is 495 g/mol. The van der Waals surface area contributed by atoms with Gasteiger partial charge in [0.15, 0.2) is 5.96 Å². The van der Waals surface area contributed by atoms with E-state index >= 15 is 0 Å². The number of rotatable bonds is 15. The fraction of sp³-hybridized carbons (Fsp3) is 0.619. The molecule has 11 N–H and O–H groups in total. The third-order valence-corrected chi connectivity index (χ3v) is 4.98. The van der Waals surface area contributed by atoms with Gasteiger partial charge in [0, 0.05) is 24.9 Å². The fourth-order valence-corrected chi connectivity index (χ4v) is 3.13. The number of amides is 3. The van der Waals surface area contributed by atoms with Crippen molar-refractivity contribution in [2.24, 2.45) is 28.1 Å². The number of nitrogens with two attached hydrogens (primary N) is 3. The second-order valence-electron chi connectivity index (χ2n) is 8.66. The lowest BCUT2D eigenvalue weighted by atomic mass is 10.0. The van der Waals surface area contributed by atoms with Gasteiger partial charge < -0.3 is 43.2 Å². The number of aromatic amines is 1. The maximum atomic E-state index is 13.1. The van der Waals surface area contributed by atoms with E-state index in [1.807, 2.05) is 13.8 Å². The van der Waals surface area contributed by atoms with Gasteiger partial charge in [0.1, 0.15) is 18.1 Å². The van der Waals surface area contributed by atoms with Gasteiger partial charge in [-0.3, -0.25) is 24.2 Å². The van der Waals surface area contributed by atoms with Crippen molar-refractivity contribution in [1.82, 2.24) is 25.9 Å².